The molecule has 0 bridgehead atoms. The quantitative estimate of drug-likeness (QED) is 0.500. The molecule has 1 amide bonds. The number of anilines is 1. The maximum absolute atomic E-state index is 12.8. The molecule has 0 aromatic heterocycles. The molecule has 0 heterocycles. The maximum atomic E-state index is 12.8. The van der Waals surface area contributed by atoms with E-state index < -0.39 is 5.97 Å². The summed E-state index contributed by atoms with van der Waals surface area (Å²) in [4.78, 5) is 25.2. The molecule has 0 aliphatic carbocycles. The molecule has 0 radical (unpaired) electrons. The Morgan fingerprint density at radius 1 is 0.933 bits per heavy atom. The van der Waals surface area contributed by atoms with Crippen LogP contribution in [0.2, 0.25) is 5.02 Å². The summed E-state index contributed by atoms with van der Waals surface area (Å²) in [5, 5.41) is 3.22. The lowest BCUT2D eigenvalue weighted by Crippen LogP contribution is -2.16. The van der Waals surface area contributed by atoms with Gasteiger partial charge >= 0.3 is 5.97 Å². The minimum absolute atomic E-state index is 0.00610. The highest BCUT2D eigenvalue weighted by Crippen LogP contribution is 2.34. The standard InChI is InChI=1S/C25H24ClNO3/c1-25(2,3)18-12-10-17(11-13-18)23(28)27-22-15-21(26)19(14-20(22)24(29)30-4)16-8-6-5-7-9-16/h5-15H,1-4H3,(H,27,28). The summed E-state index contributed by atoms with van der Waals surface area (Å²) in [6, 6.07) is 20.1. The molecule has 0 atom stereocenters. The van der Waals surface area contributed by atoms with Gasteiger partial charge in [0.25, 0.3) is 5.91 Å². The number of methoxy groups -OCH3 is 1. The van der Waals surface area contributed by atoms with E-state index in [0.717, 1.165) is 11.1 Å². The van der Waals surface area contributed by atoms with Gasteiger partial charge in [0.05, 0.1) is 23.4 Å². The molecule has 0 unspecified atom stereocenters. The van der Waals surface area contributed by atoms with Crippen molar-refractivity contribution < 1.29 is 14.3 Å². The Labute approximate surface area is 181 Å². The lowest BCUT2D eigenvalue weighted by molar-refractivity contribution is 0.0602. The Balaban J connectivity index is 1.96. The van der Waals surface area contributed by atoms with Gasteiger partial charge in [-0.15, -0.1) is 0 Å². The number of hydrogen-bond donors (Lipinski definition) is 1. The molecular formula is C25H24ClNO3. The van der Waals surface area contributed by atoms with E-state index in [-0.39, 0.29) is 16.9 Å². The van der Waals surface area contributed by atoms with Gasteiger partial charge in [-0.2, -0.15) is 0 Å². The summed E-state index contributed by atoms with van der Waals surface area (Å²) in [5.74, 6) is -0.883. The monoisotopic (exact) mass is 421 g/mol. The summed E-state index contributed by atoms with van der Waals surface area (Å²) >= 11 is 6.48. The van der Waals surface area contributed by atoms with Crippen LogP contribution in [0, 0.1) is 0 Å². The van der Waals surface area contributed by atoms with Crippen LogP contribution in [-0.4, -0.2) is 19.0 Å². The SMILES string of the molecule is COC(=O)c1cc(-c2ccccc2)c(Cl)cc1NC(=O)c1ccc(C(C)(C)C)cc1. The molecule has 0 fully saturated rings. The van der Waals surface area contributed by atoms with Crippen LogP contribution in [0.5, 0.6) is 0 Å². The van der Waals surface area contributed by atoms with E-state index in [1.54, 1.807) is 24.3 Å². The molecule has 154 valence electrons. The first-order chi connectivity index (χ1) is 14.2. The average molecular weight is 422 g/mol. The zero-order valence-electron chi connectivity index (χ0n) is 17.5. The van der Waals surface area contributed by atoms with Crippen molar-refractivity contribution in [2.45, 2.75) is 26.2 Å². The number of rotatable bonds is 4. The van der Waals surface area contributed by atoms with Gasteiger partial charge in [-0.05, 0) is 40.8 Å². The van der Waals surface area contributed by atoms with Gasteiger partial charge in [-0.3, -0.25) is 4.79 Å². The minimum Gasteiger partial charge on any atom is -0.465 e. The Kier molecular flexibility index (Phi) is 6.28. The first-order valence-electron chi connectivity index (χ1n) is 9.60. The summed E-state index contributed by atoms with van der Waals surface area (Å²) in [6.45, 7) is 6.34. The van der Waals surface area contributed by atoms with E-state index >= 15 is 0 Å². The molecule has 3 aromatic rings. The zero-order chi connectivity index (χ0) is 21.9. The van der Waals surface area contributed by atoms with Crippen molar-refractivity contribution in [2.75, 3.05) is 12.4 Å². The maximum Gasteiger partial charge on any atom is 0.339 e. The number of hydrogen-bond acceptors (Lipinski definition) is 3. The molecule has 0 saturated heterocycles. The normalized spacial score (nSPS) is 11.1. The smallest absolute Gasteiger partial charge is 0.339 e. The largest absolute Gasteiger partial charge is 0.465 e. The van der Waals surface area contributed by atoms with E-state index in [1.807, 2.05) is 42.5 Å². The molecule has 5 heteroatoms. The molecule has 0 spiro atoms. The van der Waals surface area contributed by atoms with E-state index in [0.29, 0.717) is 21.8 Å². The number of nitrogens with one attached hydrogen (secondary N) is 1. The topological polar surface area (TPSA) is 55.4 Å². The van der Waals surface area contributed by atoms with Crippen LogP contribution in [0.25, 0.3) is 11.1 Å². The third kappa shape index (κ3) is 4.71. The van der Waals surface area contributed by atoms with Crippen LogP contribution in [0.1, 0.15) is 47.1 Å². The number of ether oxygens (including phenoxy) is 1. The number of carbonyl (C=O) groups is 2. The number of benzene rings is 3. The van der Waals surface area contributed by atoms with Gasteiger partial charge < -0.3 is 10.1 Å². The lowest BCUT2D eigenvalue weighted by Gasteiger charge is -2.19. The van der Waals surface area contributed by atoms with Crippen molar-refractivity contribution in [3.8, 4) is 11.1 Å². The third-order valence-electron chi connectivity index (χ3n) is 4.86. The van der Waals surface area contributed by atoms with Gasteiger partial charge in [-0.1, -0.05) is 74.8 Å². The Bertz CT molecular complexity index is 1070. The molecule has 3 rings (SSSR count). The summed E-state index contributed by atoms with van der Waals surface area (Å²) in [7, 11) is 1.30. The second kappa shape index (κ2) is 8.72. The van der Waals surface area contributed by atoms with Gasteiger partial charge in [0.1, 0.15) is 0 Å². The number of carbonyl (C=O) groups excluding carboxylic acids is 2. The summed E-state index contributed by atoms with van der Waals surface area (Å²) in [6.07, 6.45) is 0. The zero-order valence-corrected chi connectivity index (χ0v) is 18.2. The van der Waals surface area contributed by atoms with Crippen molar-refractivity contribution in [2.24, 2.45) is 0 Å². The average Bonchev–Trinajstić information content (AvgIpc) is 2.73. The Hall–Kier alpha value is -3.11. The third-order valence-corrected chi connectivity index (χ3v) is 5.17. The van der Waals surface area contributed by atoms with Crippen LogP contribution >= 0.6 is 11.6 Å². The molecule has 0 aliphatic heterocycles. The summed E-state index contributed by atoms with van der Waals surface area (Å²) in [5.41, 5.74) is 3.70. The molecule has 0 saturated carbocycles. The van der Waals surface area contributed by atoms with Gasteiger partial charge in [0, 0.05) is 11.1 Å². The van der Waals surface area contributed by atoms with Crippen molar-refractivity contribution >= 4 is 29.2 Å². The van der Waals surface area contributed by atoms with Gasteiger partial charge in [0.15, 0.2) is 0 Å². The Morgan fingerprint density at radius 3 is 2.13 bits per heavy atom. The van der Waals surface area contributed by atoms with Crippen LogP contribution in [0.4, 0.5) is 5.69 Å². The second-order valence-electron chi connectivity index (χ2n) is 8.02. The van der Waals surface area contributed by atoms with Gasteiger partial charge in [-0.25, -0.2) is 4.79 Å². The van der Waals surface area contributed by atoms with E-state index in [4.69, 9.17) is 16.3 Å². The van der Waals surface area contributed by atoms with Crippen LogP contribution in [0.3, 0.4) is 0 Å². The molecule has 3 aromatic carbocycles. The fourth-order valence-electron chi connectivity index (χ4n) is 3.11. The highest BCUT2D eigenvalue weighted by molar-refractivity contribution is 6.34. The summed E-state index contributed by atoms with van der Waals surface area (Å²) < 4.78 is 4.91. The first-order valence-corrected chi connectivity index (χ1v) is 9.97. The van der Waals surface area contributed by atoms with Gasteiger partial charge in [0.2, 0.25) is 0 Å². The van der Waals surface area contributed by atoms with Crippen molar-refractivity contribution in [1.82, 2.24) is 0 Å². The molecule has 1 N–H and O–H groups in total. The van der Waals surface area contributed by atoms with Crippen LogP contribution < -0.4 is 5.32 Å². The molecule has 0 aliphatic rings. The number of esters is 1. The predicted molar refractivity (Wildman–Crippen MR) is 121 cm³/mol. The van der Waals surface area contributed by atoms with E-state index in [9.17, 15) is 9.59 Å². The lowest BCUT2D eigenvalue weighted by atomic mass is 9.86. The molecule has 30 heavy (non-hydrogen) atoms. The van der Waals surface area contributed by atoms with Crippen LogP contribution in [0.15, 0.2) is 66.7 Å². The molecular weight excluding hydrogens is 398 g/mol. The predicted octanol–water partition coefficient (Wildman–Crippen LogP) is 6.34. The first kappa shape index (κ1) is 21.6. The highest BCUT2D eigenvalue weighted by Gasteiger charge is 2.19. The highest BCUT2D eigenvalue weighted by atomic mass is 35.5. The van der Waals surface area contributed by atoms with Crippen molar-refractivity contribution in [1.29, 1.82) is 0 Å². The van der Waals surface area contributed by atoms with E-state index in [2.05, 4.69) is 26.1 Å². The fourth-order valence-corrected chi connectivity index (χ4v) is 3.38. The van der Waals surface area contributed by atoms with Crippen molar-refractivity contribution in [3.05, 3.63) is 88.4 Å². The number of amides is 1. The Morgan fingerprint density at radius 2 is 1.57 bits per heavy atom. The minimum atomic E-state index is -0.553. The van der Waals surface area contributed by atoms with E-state index in [1.165, 1.54) is 7.11 Å². The second-order valence-corrected chi connectivity index (χ2v) is 8.42. The van der Waals surface area contributed by atoms with Crippen LogP contribution in [-0.2, 0) is 10.2 Å². The fraction of sp³-hybridized carbons (Fsp3) is 0.200. The molecule has 4 nitrogen and oxygen atoms in total. The van der Waals surface area contributed by atoms with Crippen molar-refractivity contribution in [3.63, 3.8) is 0 Å². The number of halogens is 1.